The van der Waals surface area contributed by atoms with Crippen molar-refractivity contribution in [1.29, 1.82) is 0 Å². The molecule has 0 aromatic carbocycles. The number of nitrogens with two attached hydrogens (primary N) is 1. The fraction of sp³-hybridized carbons (Fsp3) is 0.450. The number of allylic oxidation sites excluding steroid dienone is 1. The number of likely N-dealkylation sites (tertiary alicyclic amines) is 1. The van der Waals surface area contributed by atoms with E-state index in [1.165, 1.54) is 0 Å². The predicted molar refractivity (Wildman–Crippen MR) is 112 cm³/mol. The zero-order valence-corrected chi connectivity index (χ0v) is 17.3. The topological polar surface area (TPSA) is 97.2 Å². The van der Waals surface area contributed by atoms with Crippen molar-refractivity contribution < 1.29 is 27.1 Å². The number of nitrogens with zero attached hydrogens (tertiary/aromatic N) is 4. The minimum atomic E-state index is -2.58. The Kier molecular flexibility index (Phi) is 7.67. The lowest BCUT2D eigenvalue weighted by Gasteiger charge is -2.37. The fourth-order valence-electron chi connectivity index (χ4n) is 3.25. The van der Waals surface area contributed by atoms with Gasteiger partial charge in [-0.3, -0.25) is 14.7 Å². The summed E-state index contributed by atoms with van der Waals surface area (Å²) in [6.07, 6.45) is 0.625. The highest BCUT2D eigenvalue weighted by molar-refractivity contribution is 6.05. The molecule has 12 heteroatoms. The monoisotopic (exact) mass is 456 g/mol. The smallest absolute Gasteiger partial charge is 0.271 e. The highest BCUT2D eigenvalue weighted by atomic mass is 19.3. The third-order valence-corrected chi connectivity index (χ3v) is 4.76. The maximum atomic E-state index is 12.5. The molecule has 1 amide bonds. The number of ether oxygens (including phenoxy) is 1. The number of halogens is 4. The van der Waals surface area contributed by atoms with Crippen molar-refractivity contribution in [3.05, 3.63) is 35.9 Å². The van der Waals surface area contributed by atoms with Crippen LogP contribution in [0.5, 0.6) is 5.75 Å². The fourth-order valence-corrected chi connectivity index (χ4v) is 3.25. The van der Waals surface area contributed by atoms with E-state index in [-0.39, 0.29) is 18.2 Å². The number of imidazole rings is 1. The zero-order valence-electron chi connectivity index (χ0n) is 17.3. The molecule has 0 aliphatic carbocycles. The van der Waals surface area contributed by atoms with Gasteiger partial charge >= 0.3 is 0 Å². The van der Waals surface area contributed by atoms with E-state index in [0.717, 1.165) is 18.0 Å². The number of carbonyl (C=O) groups is 1. The summed E-state index contributed by atoms with van der Waals surface area (Å²) >= 11 is 0. The molecule has 0 radical (unpaired) electrons. The lowest BCUT2D eigenvalue weighted by Crippen LogP contribution is -2.47. The molecule has 0 bridgehead atoms. The summed E-state index contributed by atoms with van der Waals surface area (Å²) in [5.41, 5.74) is 7.15. The van der Waals surface area contributed by atoms with E-state index in [1.54, 1.807) is 34.7 Å². The quantitative estimate of drug-likeness (QED) is 0.325. The predicted octanol–water partition coefficient (Wildman–Crippen LogP) is 2.51. The van der Waals surface area contributed by atoms with Gasteiger partial charge in [-0.05, 0) is 13.0 Å². The summed E-state index contributed by atoms with van der Waals surface area (Å²) in [5, 5.41) is 2.62. The number of fused-ring (bicyclic) bond motifs is 1. The lowest BCUT2D eigenvalue weighted by atomic mass is 9.97. The molecule has 0 unspecified atom stereocenters. The third-order valence-electron chi connectivity index (χ3n) is 4.76. The average Bonchev–Trinajstić information content (AvgIpc) is 3.09. The van der Waals surface area contributed by atoms with Crippen LogP contribution in [0, 0.1) is 0 Å². The molecule has 0 atom stereocenters. The van der Waals surface area contributed by atoms with Crippen LogP contribution in [0.2, 0.25) is 0 Å². The van der Waals surface area contributed by atoms with E-state index in [0.29, 0.717) is 36.8 Å². The first-order valence-electron chi connectivity index (χ1n) is 9.97. The van der Waals surface area contributed by atoms with Gasteiger partial charge in [0.1, 0.15) is 17.1 Å². The molecule has 8 nitrogen and oxygen atoms in total. The van der Waals surface area contributed by atoms with Crippen LogP contribution in [0.3, 0.4) is 0 Å². The van der Waals surface area contributed by atoms with Gasteiger partial charge in [0.2, 0.25) is 0 Å². The van der Waals surface area contributed by atoms with E-state index >= 15 is 0 Å². The molecule has 1 fully saturated rings. The SMILES string of the molecule is CCOc1cc2nc(C3CN(CC(F)F)C3)cn2cc1NC(=O)C(N)=CC=NCC(F)F. The highest BCUT2D eigenvalue weighted by Gasteiger charge is 2.31. The normalized spacial score (nSPS) is 15.8. The number of pyridine rings is 1. The molecular weight excluding hydrogens is 432 g/mol. The van der Waals surface area contributed by atoms with Gasteiger partial charge in [-0.1, -0.05) is 0 Å². The van der Waals surface area contributed by atoms with Gasteiger partial charge < -0.3 is 20.2 Å². The second-order valence-electron chi connectivity index (χ2n) is 7.20. The standard InChI is InChI=1S/C20H24F4N6O2/c1-2-32-16-5-19-27-14(12-7-29(8-12)11-18(23)24)9-30(19)10-15(16)28-20(31)13(25)3-4-26-6-17(21)22/h3-5,9-10,12,17-18H,2,6-8,11,25H2,1H3,(H,28,31). The minimum absolute atomic E-state index is 0.0494. The van der Waals surface area contributed by atoms with Crippen LogP contribution < -0.4 is 15.8 Å². The second-order valence-corrected chi connectivity index (χ2v) is 7.20. The molecule has 3 heterocycles. The van der Waals surface area contributed by atoms with E-state index in [1.807, 2.05) is 0 Å². The molecule has 32 heavy (non-hydrogen) atoms. The molecule has 0 spiro atoms. The van der Waals surface area contributed by atoms with E-state index in [2.05, 4.69) is 15.3 Å². The number of rotatable bonds is 10. The van der Waals surface area contributed by atoms with E-state index < -0.39 is 25.3 Å². The summed E-state index contributed by atoms with van der Waals surface area (Å²) in [5.74, 6) is -0.235. The molecule has 2 aromatic rings. The molecular formula is C20H24F4N6O2. The lowest BCUT2D eigenvalue weighted by molar-refractivity contribution is -0.112. The van der Waals surface area contributed by atoms with Crippen LogP contribution in [0.25, 0.3) is 5.65 Å². The number of hydrogen-bond donors (Lipinski definition) is 2. The first-order chi connectivity index (χ1) is 15.3. The van der Waals surface area contributed by atoms with Crippen molar-refractivity contribution >= 4 is 23.5 Å². The van der Waals surface area contributed by atoms with Crippen molar-refractivity contribution in [3.63, 3.8) is 0 Å². The van der Waals surface area contributed by atoms with Crippen LogP contribution in [-0.4, -0.2) is 72.0 Å². The third kappa shape index (κ3) is 5.96. The molecule has 1 saturated heterocycles. The Bertz CT molecular complexity index is 1000. The Morgan fingerprint density at radius 1 is 1.34 bits per heavy atom. The van der Waals surface area contributed by atoms with Crippen LogP contribution in [0.15, 0.2) is 35.2 Å². The Morgan fingerprint density at radius 3 is 2.75 bits per heavy atom. The maximum Gasteiger partial charge on any atom is 0.271 e. The zero-order chi connectivity index (χ0) is 23.3. The summed E-state index contributed by atoms with van der Waals surface area (Å²) in [6, 6.07) is 1.65. The van der Waals surface area contributed by atoms with E-state index in [4.69, 9.17) is 10.5 Å². The van der Waals surface area contributed by atoms with Crippen molar-refractivity contribution in [1.82, 2.24) is 14.3 Å². The first-order valence-corrected chi connectivity index (χ1v) is 9.97. The van der Waals surface area contributed by atoms with Gasteiger partial charge in [-0.25, -0.2) is 22.5 Å². The van der Waals surface area contributed by atoms with Gasteiger partial charge in [0, 0.05) is 43.7 Å². The van der Waals surface area contributed by atoms with Crippen molar-refractivity contribution in [2.24, 2.45) is 10.7 Å². The summed E-state index contributed by atoms with van der Waals surface area (Å²) < 4.78 is 56.5. The van der Waals surface area contributed by atoms with Gasteiger partial charge in [-0.15, -0.1) is 0 Å². The van der Waals surface area contributed by atoms with Crippen LogP contribution >= 0.6 is 0 Å². The number of nitrogens with one attached hydrogen (secondary N) is 1. The number of carbonyl (C=O) groups excluding carboxylic acids is 1. The van der Waals surface area contributed by atoms with E-state index in [9.17, 15) is 22.4 Å². The van der Waals surface area contributed by atoms with Gasteiger partial charge in [0.05, 0.1) is 31.1 Å². The Labute approximate surface area is 181 Å². The van der Waals surface area contributed by atoms with Gasteiger partial charge in [-0.2, -0.15) is 0 Å². The molecule has 1 aliphatic heterocycles. The number of hydrogen-bond acceptors (Lipinski definition) is 6. The molecule has 174 valence electrons. The molecule has 3 rings (SSSR count). The molecule has 0 saturated carbocycles. The Morgan fingerprint density at radius 2 is 2.09 bits per heavy atom. The molecule has 3 N–H and O–H groups in total. The first kappa shape index (κ1) is 23.5. The van der Waals surface area contributed by atoms with Crippen LogP contribution in [-0.2, 0) is 4.79 Å². The Hall–Kier alpha value is -3.15. The van der Waals surface area contributed by atoms with Crippen LogP contribution in [0.4, 0.5) is 23.2 Å². The van der Waals surface area contributed by atoms with Crippen molar-refractivity contribution in [2.45, 2.75) is 25.7 Å². The summed E-state index contributed by atoms with van der Waals surface area (Å²) in [6.45, 7) is 2.20. The number of aliphatic imine (C=N–C) groups is 1. The van der Waals surface area contributed by atoms with Crippen molar-refractivity contribution in [3.8, 4) is 5.75 Å². The minimum Gasteiger partial charge on any atom is -0.491 e. The number of anilines is 1. The average molecular weight is 456 g/mol. The van der Waals surface area contributed by atoms with Crippen molar-refractivity contribution in [2.75, 3.05) is 38.1 Å². The summed E-state index contributed by atoms with van der Waals surface area (Å²) in [4.78, 5) is 22.0. The number of aromatic nitrogens is 2. The highest BCUT2D eigenvalue weighted by Crippen LogP contribution is 2.31. The number of alkyl halides is 4. The van der Waals surface area contributed by atoms with Gasteiger partial charge in [0.25, 0.3) is 18.8 Å². The second kappa shape index (κ2) is 10.4. The molecule has 1 aliphatic rings. The molecule has 2 aromatic heterocycles. The summed E-state index contributed by atoms with van der Waals surface area (Å²) in [7, 11) is 0. The maximum absolute atomic E-state index is 12.5. The van der Waals surface area contributed by atoms with Crippen LogP contribution in [0.1, 0.15) is 18.5 Å². The van der Waals surface area contributed by atoms with Gasteiger partial charge in [0.15, 0.2) is 0 Å². The number of amides is 1. The Balaban J connectivity index is 1.74. The largest absolute Gasteiger partial charge is 0.491 e.